The summed E-state index contributed by atoms with van der Waals surface area (Å²) in [4.78, 5) is 1.62. The Bertz CT molecular complexity index is 672. The van der Waals surface area contributed by atoms with E-state index in [0.29, 0.717) is 31.7 Å². The summed E-state index contributed by atoms with van der Waals surface area (Å²) in [7, 11) is -0.433. The first kappa shape index (κ1) is 22.4. The van der Waals surface area contributed by atoms with Crippen LogP contribution >= 0.6 is 0 Å². The Morgan fingerprint density at radius 1 is 1.10 bits per heavy atom. The van der Waals surface area contributed by atoms with E-state index in [1.165, 1.54) is 0 Å². The van der Waals surface area contributed by atoms with Crippen LogP contribution in [0, 0.1) is 0 Å². The van der Waals surface area contributed by atoms with Crippen LogP contribution < -0.4 is 10.2 Å². The maximum Gasteiger partial charge on any atom is 0.494 e. The van der Waals surface area contributed by atoms with Gasteiger partial charge in [-0.25, -0.2) is 0 Å². The molecule has 2 aliphatic rings. The molecule has 3 rings (SSSR count). The fourth-order valence-corrected chi connectivity index (χ4v) is 3.43. The third-order valence-corrected chi connectivity index (χ3v) is 6.05. The summed E-state index contributed by atoms with van der Waals surface area (Å²) in [6.07, 6.45) is -5.71. The first-order valence-corrected chi connectivity index (χ1v) is 9.97. The molecule has 0 aromatic heterocycles. The highest BCUT2D eigenvalue weighted by molar-refractivity contribution is 6.62. The summed E-state index contributed by atoms with van der Waals surface area (Å²) in [5.41, 5.74) is 0.105. The Morgan fingerprint density at radius 2 is 1.62 bits per heavy atom. The van der Waals surface area contributed by atoms with Crippen LogP contribution in [0.25, 0.3) is 0 Å². The molecule has 5 nitrogen and oxygen atoms in total. The van der Waals surface area contributed by atoms with Crippen molar-refractivity contribution < 1.29 is 32.3 Å². The van der Waals surface area contributed by atoms with Gasteiger partial charge in [-0.1, -0.05) is 12.1 Å². The zero-order valence-electron chi connectivity index (χ0n) is 17.3. The van der Waals surface area contributed by atoms with E-state index in [4.69, 9.17) is 14.0 Å². The molecule has 0 amide bonds. The van der Waals surface area contributed by atoms with Gasteiger partial charge in [0.25, 0.3) is 0 Å². The van der Waals surface area contributed by atoms with E-state index >= 15 is 0 Å². The van der Waals surface area contributed by atoms with Crippen molar-refractivity contribution in [2.75, 3.05) is 19.6 Å². The maximum absolute atomic E-state index is 12.5. The van der Waals surface area contributed by atoms with Gasteiger partial charge >= 0.3 is 13.3 Å². The van der Waals surface area contributed by atoms with Gasteiger partial charge < -0.3 is 24.1 Å². The number of β-amino-alcohol motifs (C(OH)–C–C–N with tert-alkyl or cyclic N) is 1. The van der Waals surface area contributed by atoms with E-state index in [1.54, 1.807) is 4.90 Å². The lowest BCUT2D eigenvalue weighted by Gasteiger charge is -2.33. The Labute approximate surface area is 170 Å². The van der Waals surface area contributed by atoms with Crippen LogP contribution in [0.15, 0.2) is 24.3 Å². The first-order valence-electron chi connectivity index (χ1n) is 9.97. The minimum atomic E-state index is -4.58. The molecular formula is C20H29BF3NO4. The topological polar surface area (TPSA) is 51.2 Å². The minimum absolute atomic E-state index is 0.0584. The Balaban J connectivity index is 1.49. The van der Waals surface area contributed by atoms with Crippen LogP contribution in [0.4, 0.5) is 13.2 Å². The van der Waals surface area contributed by atoms with E-state index in [0.717, 1.165) is 5.46 Å². The van der Waals surface area contributed by atoms with Gasteiger partial charge in [0.1, 0.15) is 11.9 Å². The number of likely N-dealkylation sites (tertiary alicyclic amines) is 1. The van der Waals surface area contributed by atoms with Crippen LogP contribution in [0.5, 0.6) is 5.75 Å². The van der Waals surface area contributed by atoms with Gasteiger partial charge in [-0.15, -0.1) is 0 Å². The molecular weight excluding hydrogens is 386 g/mol. The summed E-state index contributed by atoms with van der Waals surface area (Å²) < 4.78 is 55.5. The van der Waals surface area contributed by atoms with Crippen molar-refractivity contribution in [2.24, 2.45) is 0 Å². The van der Waals surface area contributed by atoms with Crippen molar-refractivity contribution >= 4 is 12.6 Å². The molecule has 2 saturated heterocycles. The molecule has 1 atom stereocenters. The lowest BCUT2D eigenvalue weighted by molar-refractivity contribution is -0.208. The van der Waals surface area contributed by atoms with Crippen LogP contribution in [0.1, 0.15) is 40.5 Å². The molecule has 1 N–H and O–H groups in total. The number of alkyl halides is 3. The normalized spacial score (nSPS) is 23.9. The summed E-state index contributed by atoms with van der Waals surface area (Å²) in [6, 6.07) is 7.54. The summed E-state index contributed by atoms with van der Waals surface area (Å²) in [5, 5.41) is 9.20. The third kappa shape index (κ3) is 5.26. The molecule has 2 fully saturated rings. The van der Waals surface area contributed by atoms with Gasteiger partial charge in [0.2, 0.25) is 0 Å². The van der Waals surface area contributed by atoms with E-state index in [-0.39, 0.29) is 12.6 Å². The molecule has 0 bridgehead atoms. The highest BCUT2D eigenvalue weighted by atomic mass is 19.4. The number of aliphatic hydroxyl groups is 1. The SMILES string of the molecule is CC1(C)OB(c2ccc(OC3CCN(CC(O)C(F)(F)F)CC3)cc2)OC1(C)C. The fourth-order valence-electron chi connectivity index (χ4n) is 3.43. The van der Waals surface area contributed by atoms with Crippen molar-refractivity contribution in [3.8, 4) is 5.75 Å². The zero-order chi connectivity index (χ0) is 21.4. The third-order valence-electron chi connectivity index (χ3n) is 6.05. The summed E-state index contributed by atoms with van der Waals surface area (Å²) in [6.45, 7) is 8.55. The maximum atomic E-state index is 12.5. The van der Waals surface area contributed by atoms with Crippen molar-refractivity contribution in [2.45, 2.75) is 70.1 Å². The molecule has 2 heterocycles. The average Bonchev–Trinajstić information content (AvgIpc) is 2.84. The van der Waals surface area contributed by atoms with E-state index in [1.807, 2.05) is 52.0 Å². The average molecular weight is 415 g/mol. The zero-order valence-corrected chi connectivity index (χ0v) is 17.3. The summed E-state index contributed by atoms with van der Waals surface area (Å²) >= 11 is 0. The monoisotopic (exact) mass is 415 g/mol. The van der Waals surface area contributed by atoms with Crippen LogP contribution in [0.3, 0.4) is 0 Å². The van der Waals surface area contributed by atoms with Crippen molar-refractivity contribution in [1.82, 2.24) is 4.90 Å². The predicted octanol–water partition coefficient (Wildman–Crippen LogP) is 2.75. The Hall–Kier alpha value is -1.29. The molecule has 162 valence electrons. The highest BCUT2D eigenvalue weighted by Gasteiger charge is 2.51. The number of hydrogen-bond donors (Lipinski definition) is 1. The van der Waals surface area contributed by atoms with E-state index in [9.17, 15) is 18.3 Å². The molecule has 1 aromatic rings. The molecule has 1 unspecified atom stereocenters. The smallest absolute Gasteiger partial charge is 0.490 e. The Kier molecular flexibility index (Phi) is 6.25. The van der Waals surface area contributed by atoms with Crippen molar-refractivity contribution in [1.29, 1.82) is 0 Å². The number of ether oxygens (including phenoxy) is 1. The van der Waals surface area contributed by atoms with Gasteiger partial charge in [-0.2, -0.15) is 13.2 Å². The number of nitrogens with zero attached hydrogens (tertiary/aromatic N) is 1. The number of hydrogen-bond acceptors (Lipinski definition) is 5. The molecule has 9 heteroatoms. The number of halogens is 3. The summed E-state index contributed by atoms with van der Waals surface area (Å²) in [5.74, 6) is 0.707. The number of aliphatic hydroxyl groups excluding tert-OH is 1. The standard InChI is InChI=1S/C20H29BF3NO4/c1-18(2)19(3,4)29-21(28-18)14-5-7-15(8-6-14)27-16-9-11-25(12-10-16)13-17(26)20(22,23)24/h5-8,16-17,26H,9-13H2,1-4H3. The fraction of sp³-hybridized carbons (Fsp3) is 0.700. The molecule has 0 spiro atoms. The molecule has 0 radical (unpaired) electrons. The van der Waals surface area contributed by atoms with Crippen LogP contribution in [0.2, 0.25) is 0 Å². The van der Waals surface area contributed by atoms with Crippen LogP contribution in [-0.4, -0.2) is 66.3 Å². The second-order valence-corrected chi connectivity index (χ2v) is 8.83. The van der Waals surface area contributed by atoms with Gasteiger partial charge in [-0.05, 0) is 58.1 Å². The molecule has 2 aliphatic heterocycles. The molecule has 29 heavy (non-hydrogen) atoms. The highest BCUT2D eigenvalue weighted by Crippen LogP contribution is 2.36. The predicted molar refractivity (Wildman–Crippen MR) is 104 cm³/mol. The quantitative estimate of drug-likeness (QED) is 0.750. The number of benzene rings is 1. The first-order chi connectivity index (χ1) is 13.4. The van der Waals surface area contributed by atoms with Crippen LogP contribution in [-0.2, 0) is 9.31 Å². The Morgan fingerprint density at radius 3 is 2.10 bits per heavy atom. The number of piperidine rings is 1. The van der Waals surface area contributed by atoms with E-state index < -0.39 is 30.6 Å². The van der Waals surface area contributed by atoms with Gasteiger partial charge in [0.15, 0.2) is 6.10 Å². The van der Waals surface area contributed by atoms with Gasteiger partial charge in [-0.3, -0.25) is 0 Å². The van der Waals surface area contributed by atoms with Gasteiger partial charge in [0, 0.05) is 19.6 Å². The lowest BCUT2D eigenvalue weighted by atomic mass is 9.79. The largest absolute Gasteiger partial charge is 0.494 e. The van der Waals surface area contributed by atoms with Crippen molar-refractivity contribution in [3.05, 3.63) is 24.3 Å². The van der Waals surface area contributed by atoms with E-state index in [2.05, 4.69) is 0 Å². The second-order valence-electron chi connectivity index (χ2n) is 8.83. The number of rotatable bonds is 5. The molecule has 0 saturated carbocycles. The van der Waals surface area contributed by atoms with Crippen molar-refractivity contribution in [3.63, 3.8) is 0 Å². The minimum Gasteiger partial charge on any atom is -0.490 e. The lowest BCUT2D eigenvalue weighted by Crippen LogP contribution is -2.45. The van der Waals surface area contributed by atoms with Gasteiger partial charge in [0.05, 0.1) is 11.2 Å². The molecule has 1 aromatic carbocycles. The molecule has 0 aliphatic carbocycles. The second kappa shape index (κ2) is 8.09.